The van der Waals surface area contributed by atoms with Crippen LogP contribution in [0.2, 0.25) is 0 Å². The molecule has 288 valence electrons. The fraction of sp³-hybridized carbons (Fsp3) is 0.372. The lowest BCUT2D eigenvalue weighted by molar-refractivity contribution is -0.253. The van der Waals surface area contributed by atoms with Crippen LogP contribution in [0.5, 0.6) is 0 Å². The summed E-state index contributed by atoms with van der Waals surface area (Å²) < 4.78 is 13.4. The Hall–Kier alpha value is -5.11. The second-order valence-corrected chi connectivity index (χ2v) is 14.6. The number of aliphatic hydroxyl groups is 1. The number of nitrogens with one attached hydrogen (secondary N) is 3. The van der Waals surface area contributed by atoms with Crippen LogP contribution in [0.15, 0.2) is 103 Å². The molecule has 0 radical (unpaired) electrons. The average Bonchev–Trinajstić information content (AvgIpc) is 3.55. The van der Waals surface area contributed by atoms with E-state index >= 15 is 0 Å². The number of hydrogen-bond donors (Lipinski definition) is 5. The van der Waals surface area contributed by atoms with E-state index in [0.717, 1.165) is 65.0 Å². The number of carbonyl (C=O) groups excluding carboxylic acids is 3. The number of para-hydroxylation sites is 1. The van der Waals surface area contributed by atoms with E-state index in [0.29, 0.717) is 32.6 Å². The number of carbonyl (C=O) groups is 3. The zero-order valence-corrected chi connectivity index (χ0v) is 30.9. The summed E-state index contributed by atoms with van der Waals surface area (Å²) in [4.78, 5) is 41.6. The van der Waals surface area contributed by atoms with Gasteiger partial charge < -0.3 is 35.0 Å². The summed E-state index contributed by atoms with van der Waals surface area (Å²) in [5.74, 6) is -0.581. The molecule has 3 aliphatic rings. The van der Waals surface area contributed by atoms with Crippen LogP contribution >= 0.6 is 0 Å². The van der Waals surface area contributed by atoms with Crippen molar-refractivity contribution >= 4 is 23.4 Å². The van der Waals surface area contributed by atoms with Crippen molar-refractivity contribution in [3.05, 3.63) is 125 Å². The first-order valence-electron chi connectivity index (χ1n) is 19.1. The first-order valence-corrected chi connectivity index (χ1v) is 19.1. The lowest BCUT2D eigenvalue weighted by Gasteiger charge is -2.45. The molecule has 4 aromatic rings. The van der Waals surface area contributed by atoms with Gasteiger partial charge in [-0.05, 0) is 59.2 Å². The van der Waals surface area contributed by atoms with E-state index in [1.54, 1.807) is 5.48 Å². The van der Waals surface area contributed by atoms with Crippen molar-refractivity contribution in [3.8, 4) is 11.1 Å². The van der Waals surface area contributed by atoms with Gasteiger partial charge in [0.2, 0.25) is 17.7 Å². The van der Waals surface area contributed by atoms with Crippen LogP contribution in [-0.2, 0) is 37.0 Å². The van der Waals surface area contributed by atoms with Crippen molar-refractivity contribution in [3.63, 3.8) is 0 Å². The highest BCUT2D eigenvalue weighted by Crippen LogP contribution is 2.40. The molecule has 0 bridgehead atoms. The van der Waals surface area contributed by atoms with E-state index in [2.05, 4.69) is 32.6 Å². The summed E-state index contributed by atoms with van der Waals surface area (Å²) in [6.45, 7) is 3.08. The van der Waals surface area contributed by atoms with Crippen LogP contribution < -0.4 is 21.0 Å². The Labute approximate surface area is 321 Å². The van der Waals surface area contributed by atoms with E-state index in [4.69, 9.17) is 14.7 Å². The number of aliphatic hydroxyl groups excluding tert-OH is 1. The minimum Gasteiger partial charge on any atom is -0.392 e. The second kappa shape index (κ2) is 17.6. The number of amides is 3. The lowest BCUT2D eigenvalue weighted by atomic mass is 9.85. The molecule has 4 aromatic carbocycles. The van der Waals surface area contributed by atoms with E-state index in [9.17, 15) is 19.5 Å². The number of likely N-dealkylation sites (tertiary alicyclic amines) is 1. The van der Waals surface area contributed by atoms with E-state index in [1.807, 2.05) is 91.0 Å². The van der Waals surface area contributed by atoms with Crippen molar-refractivity contribution in [2.75, 3.05) is 31.2 Å². The molecule has 3 saturated heterocycles. The number of anilines is 1. The standard InChI is InChI=1S/C43H49N5O7/c49-28-30-13-15-32(16-14-30)38-25-36(27-47-23-21-43(22-24-47)42(52)45-29-48(43)35-8-2-1-3-9-35)54-41(55-38)33-19-17-31(18-20-33)37-10-5-4-7-34(37)26-44-39(50)11-6-12-40(51)46-53/h1-5,7-10,13-20,36,38,41,49,53H,6,11-12,21-29H2,(H,44,50)(H,45,52)(H,46,51). The molecule has 1 spiro atoms. The molecular formula is C43H49N5O7. The summed E-state index contributed by atoms with van der Waals surface area (Å²) in [5, 5.41) is 24.3. The van der Waals surface area contributed by atoms with Gasteiger partial charge in [-0.2, -0.15) is 0 Å². The number of rotatable bonds is 13. The summed E-state index contributed by atoms with van der Waals surface area (Å²) in [6.07, 6.45) is 1.76. The number of hydrogen-bond acceptors (Lipinski definition) is 9. The fourth-order valence-electron chi connectivity index (χ4n) is 7.98. The molecule has 3 heterocycles. The van der Waals surface area contributed by atoms with E-state index in [1.165, 1.54) is 0 Å². The summed E-state index contributed by atoms with van der Waals surface area (Å²) in [7, 11) is 0. The predicted molar refractivity (Wildman–Crippen MR) is 206 cm³/mol. The summed E-state index contributed by atoms with van der Waals surface area (Å²) >= 11 is 0. The van der Waals surface area contributed by atoms with Gasteiger partial charge in [0.25, 0.3) is 0 Å². The molecule has 3 fully saturated rings. The number of nitrogens with zero attached hydrogens (tertiary/aromatic N) is 2. The zero-order valence-electron chi connectivity index (χ0n) is 30.9. The third-order valence-electron chi connectivity index (χ3n) is 11.1. The Bertz CT molecular complexity index is 1920. The molecule has 7 rings (SSSR count). The Balaban J connectivity index is 1.03. The van der Waals surface area contributed by atoms with Crippen molar-refractivity contribution in [2.24, 2.45) is 0 Å². The third kappa shape index (κ3) is 8.90. The molecule has 0 saturated carbocycles. The van der Waals surface area contributed by atoms with Gasteiger partial charge in [-0.25, -0.2) is 5.48 Å². The van der Waals surface area contributed by atoms with Crippen LogP contribution in [0.25, 0.3) is 11.1 Å². The SMILES string of the molecule is O=C(CCCC(=O)NCc1ccccc1-c1ccc(C2OC(CN3CCC4(CC3)C(=O)NCN4c3ccccc3)CC(c3ccc(CO)cc3)O2)cc1)NO. The first-order chi connectivity index (χ1) is 26.8. The molecule has 55 heavy (non-hydrogen) atoms. The predicted octanol–water partition coefficient (Wildman–Crippen LogP) is 5.11. The van der Waals surface area contributed by atoms with Crippen LogP contribution in [0, 0.1) is 0 Å². The molecule has 3 unspecified atom stereocenters. The topological polar surface area (TPSA) is 153 Å². The summed E-state index contributed by atoms with van der Waals surface area (Å²) in [6, 6.07) is 34.1. The van der Waals surface area contributed by atoms with Gasteiger partial charge in [-0.3, -0.25) is 19.6 Å². The highest BCUT2D eigenvalue weighted by atomic mass is 16.7. The van der Waals surface area contributed by atoms with Crippen LogP contribution in [0.1, 0.15) is 73.2 Å². The molecule has 12 nitrogen and oxygen atoms in total. The lowest BCUT2D eigenvalue weighted by Crippen LogP contribution is -2.57. The van der Waals surface area contributed by atoms with Gasteiger partial charge in [0, 0.05) is 56.7 Å². The quantitative estimate of drug-likeness (QED) is 0.0928. The first kappa shape index (κ1) is 38.2. The molecule has 3 atom stereocenters. The molecule has 3 amide bonds. The van der Waals surface area contributed by atoms with Gasteiger partial charge in [-0.1, -0.05) is 91.0 Å². The molecule has 5 N–H and O–H groups in total. The van der Waals surface area contributed by atoms with E-state index < -0.39 is 17.7 Å². The molecule has 12 heteroatoms. The maximum Gasteiger partial charge on any atom is 0.247 e. The Morgan fingerprint density at radius 3 is 2.25 bits per heavy atom. The Morgan fingerprint density at radius 1 is 0.836 bits per heavy atom. The Morgan fingerprint density at radius 2 is 1.53 bits per heavy atom. The highest BCUT2D eigenvalue weighted by Gasteiger charge is 2.50. The van der Waals surface area contributed by atoms with Gasteiger partial charge in [0.15, 0.2) is 6.29 Å². The minimum absolute atomic E-state index is 0.0241. The largest absolute Gasteiger partial charge is 0.392 e. The van der Waals surface area contributed by atoms with Crippen molar-refractivity contribution in [1.29, 1.82) is 0 Å². The van der Waals surface area contributed by atoms with Crippen molar-refractivity contribution < 1.29 is 34.2 Å². The maximum absolute atomic E-state index is 13.3. The minimum atomic E-state index is -0.608. The highest BCUT2D eigenvalue weighted by molar-refractivity contribution is 5.93. The second-order valence-electron chi connectivity index (χ2n) is 14.6. The smallest absolute Gasteiger partial charge is 0.247 e. The fourth-order valence-corrected chi connectivity index (χ4v) is 7.98. The number of hydroxylamine groups is 1. The number of ether oxygens (including phenoxy) is 2. The van der Waals surface area contributed by atoms with E-state index in [-0.39, 0.29) is 43.5 Å². The van der Waals surface area contributed by atoms with Gasteiger partial charge in [0.1, 0.15) is 5.54 Å². The Kier molecular flexibility index (Phi) is 12.2. The molecule has 3 aliphatic heterocycles. The monoisotopic (exact) mass is 747 g/mol. The molecular weight excluding hydrogens is 699 g/mol. The van der Waals surface area contributed by atoms with Crippen LogP contribution in [0.3, 0.4) is 0 Å². The van der Waals surface area contributed by atoms with Crippen LogP contribution in [-0.4, -0.2) is 70.9 Å². The van der Waals surface area contributed by atoms with Gasteiger partial charge in [0.05, 0.1) is 25.5 Å². The molecule has 0 aromatic heterocycles. The van der Waals surface area contributed by atoms with Crippen molar-refractivity contribution in [2.45, 2.75) is 75.7 Å². The number of benzene rings is 4. The number of piperidine rings is 1. The average molecular weight is 748 g/mol. The zero-order chi connectivity index (χ0) is 38.2. The maximum atomic E-state index is 13.3. The summed E-state index contributed by atoms with van der Waals surface area (Å²) in [5.41, 5.74) is 7.78. The van der Waals surface area contributed by atoms with Gasteiger partial charge in [-0.15, -0.1) is 0 Å². The normalized spacial score (nSPS) is 20.9. The molecule has 0 aliphatic carbocycles. The third-order valence-corrected chi connectivity index (χ3v) is 11.1. The van der Waals surface area contributed by atoms with Gasteiger partial charge >= 0.3 is 0 Å². The van der Waals surface area contributed by atoms with Crippen molar-refractivity contribution in [1.82, 2.24) is 21.0 Å². The van der Waals surface area contributed by atoms with Crippen LogP contribution in [0.4, 0.5) is 5.69 Å².